The molecule has 0 atom stereocenters. The lowest BCUT2D eigenvalue weighted by atomic mass is 10.2. The first-order valence-corrected chi connectivity index (χ1v) is 8.78. The van der Waals surface area contributed by atoms with Crippen LogP contribution in [0.3, 0.4) is 0 Å². The number of nitrogens with zero attached hydrogens (tertiary/aromatic N) is 4. The molecule has 0 aliphatic carbocycles. The van der Waals surface area contributed by atoms with E-state index in [2.05, 4.69) is 10.00 Å². The van der Waals surface area contributed by atoms with E-state index in [-0.39, 0.29) is 0 Å². The molecule has 0 bridgehead atoms. The summed E-state index contributed by atoms with van der Waals surface area (Å²) < 4.78 is 7.70. The lowest BCUT2D eigenvalue weighted by Crippen LogP contribution is -2.25. The summed E-state index contributed by atoms with van der Waals surface area (Å²) in [6, 6.07) is 11.8. The monoisotopic (exact) mass is 337 g/mol. The maximum Gasteiger partial charge on any atom is 0.156 e. The van der Waals surface area contributed by atoms with Crippen molar-refractivity contribution in [3.63, 3.8) is 0 Å². The quantitative estimate of drug-likeness (QED) is 0.775. The number of aromatic nitrogens is 3. The maximum absolute atomic E-state index is 6.04. The number of benzene rings is 1. The normalized spacial score (nSPS) is 15.1. The van der Waals surface area contributed by atoms with E-state index >= 15 is 0 Å². The first-order valence-electron chi connectivity index (χ1n) is 8.78. The SMILES string of the molecule is Cc1cc(N)n(-c2ccc3cccc(OCCN4CCCC4)c3n2)n1. The molecule has 1 aliphatic heterocycles. The van der Waals surface area contributed by atoms with Crippen molar-refractivity contribution in [2.24, 2.45) is 0 Å². The van der Waals surface area contributed by atoms with Gasteiger partial charge in [-0.2, -0.15) is 9.78 Å². The number of anilines is 1. The second kappa shape index (κ2) is 6.72. The van der Waals surface area contributed by atoms with E-state index in [0.29, 0.717) is 18.2 Å². The highest BCUT2D eigenvalue weighted by atomic mass is 16.5. The van der Waals surface area contributed by atoms with Crippen molar-refractivity contribution in [1.82, 2.24) is 19.7 Å². The average molecular weight is 337 g/mol. The Hall–Kier alpha value is -2.60. The molecule has 6 heteroatoms. The number of aryl methyl sites for hydroxylation is 1. The van der Waals surface area contributed by atoms with Crippen LogP contribution < -0.4 is 10.5 Å². The molecule has 1 saturated heterocycles. The average Bonchev–Trinajstić information content (AvgIpc) is 3.24. The van der Waals surface area contributed by atoms with Crippen molar-refractivity contribution < 1.29 is 4.74 Å². The molecule has 3 heterocycles. The van der Waals surface area contributed by atoms with E-state index in [0.717, 1.165) is 28.9 Å². The van der Waals surface area contributed by atoms with Crippen LogP contribution >= 0.6 is 0 Å². The Morgan fingerprint density at radius 2 is 2.00 bits per heavy atom. The van der Waals surface area contributed by atoms with Gasteiger partial charge in [0.15, 0.2) is 5.82 Å². The molecule has 4 rings (SSSR count). The molecule has 0 amide bonds. The van der Waals surface area contributed by atoms with Crippen molar-refractivity contribution >= 4 is 16.7 Å². The number of para-hydroxylation sites is 1. The molecule has 3 aromatic rings. The predicted octanol–water partition coefficient (Wildman–Crippen LogP) is 2.79. The minimum absolute atomic E-state index is 0.580. The van der Waals surface area contributed by atoms with E-state index in [1.807, 2.05) is 43.3 Å². The van der Waals surface area contributed by atoms with Crippen LogP contribution in [0.15, 0.2) is 36.4 Å². The number of ether oxygens (including phenoxy) is 1. The third-order valence-corrected chi connectivity index (χ3v) is 4.61. The number of nitrogens with two attached hydrogens (primary N) is 1. The summed E-state index contributed by atoms with van der Waals surface area (Å²) in [7, 11) is 0. The third-order valence-electron chi connectivity index (χ3n) is 4.61. The fraction of sp³-hybridized carbons (Fsp3) is 0.368. The van der Waals surface area contributed by atoms with Crippen LogP contribution in [0.25, 0.3) is 16.7 Å². The number of fused-ring (bicyclic) bond motifs is 1. The lowest BCUT2D eigenvalue weighted by molar-refractivity contribution is 0.239. The number of pyridine rings is 1. The van der Waals surface area contributed by atoms with Gasteiger partial charge in [-0.25, -0.2) is 4.98 Å². The predicted molar refractivity (Wildman–Crippen MR) is 99.2 cm³/mol. The van der Waals surface area contributed by atoms with Crippen LogP contribution in [0, 0.1) is 6.92 Å². The van der Waals surface area contributed by atoms with E-state index in [1.54, 1.807) is 4.68 Å². The Bertz CT molecular complexity index is 883. The number of hydrogen-bond donors (Lipinski definition) is 1. The van der Waals surface area contributed by atoms with Gasteiger partial charge in [-0.3, -0.25) is 4.90 Å². The Morgan fingerprint density at radius 3 is 2.76 bits per heavy atom. The molecule has 0 saturated carbocycles. The van der Waals surface area contributed by atoms with Crippen molar-refractivity contribution in [3.05, 3.63) is 42.1 Å². The third kappa shape index (κ3) is 3.30. The Kier molecular flexibility index (Phi) is 4.28. The lowest BCUT2D eigenvalue weighted by Gasteiger charge is -2.15. The molecule has 0 radical (unpaired) electrons. The zero-order chi connectivity index (χ0) is 17.2. The molecule has 1 aromatic carbocycles. The maximum atomic E-state index is 6.04. The van der Waals surface area contributed by atoms with Gasteiger partial charge in [0.2, 0.25) is 0 Å². The van der Waals surface area contributed by atoms with Gasteiger partial charge in [-0.1, -0.05) is 12.1 Å². The van der Waals surface area contributed by atoms with Gasteiger partial charge in [0, 0.05) is 18.0 Å². The van der Waals surface area contributed by atoms with Crippen LogP contribution in [0.1, 0.15) is 18.5 Å². The molecule has 0 unspecified atom stereocenters. The Labute approximate surface area is 147 Å². The summed E-state index contributed by atoms with van der Waals surface area (Å²) in [5, 5.41) is 5.46. The van der Waals surface area contributed by atoms with Gasteiger partial charge < -0.3 is 10.5 Å². The van der Waals surface area contributed by atoms with Gasteiger partial charge in [0.25, 0.3) is 0 Å². The van der Waals surface area contributed by atoms with Crippen LogP contribution in [-0.4, -0.2) is 45.9 Å². The number of likely N-dealkylation sites (tertiary alicyclic amines) is 1. The highest BCUT2D eigenvalue weighted by Gasteiger charge is 2.12. The minimum Gasteiger partial charge on any atom is -0.490 e. The number of rotatable bonds is 5. The summed E-state index contributed by atoms with van der Waals surface area (Å²) in [5.74, 6) is 2.09. The smallest absolute Gasteiger partial charge is 0.156 e. The second-order valence-electron chi connectivity index (χ2n) is 6.52. The Balaban J connectivity index is 1.60. The molecule has 2 aromatic heterocycles. The van der Waals surface area contributed by atoms with Gasteiger partial charge in [-0.05, 0) is 51.1 Å². The fourth-order valence-corrected chi connectivity index (χ4v) is 3.34. The number of hydrogen-bond acceptors (Lipinski definition) is 5. The molecular formula is C19H23N5O. The van der Waals surface area contributed by atoms with E-state index in [1.165, 1.54) is 25.9 Å². The topological polar surface area (TPSA) is 69.2 Å². The zero-order valence-electron chi connectivity index (χ0n) is 14.5. The van der Waals surface area contributed by atoms with Crippen molar-refractivity contribution in [2.45, 2.75) is 19.8 Å². The highest BCUT2D eigenvalue weighted by molar-refractivity contribution is 5.85. The van der Waals surface area contributed by atoms with E-state index in [4.69, 9.17) is 15.5 Å². The van der Waals surface area contributed by atoms with E-state index in [9.17, 15) is 0 Å². The highest BCUT2D eigenvalue weighted by Crippen LogP contribution is 2.25. The summed E-state index contributed by atoms with van der Waals surface area (Å²) >= 11 is 0. The van der Waals surface area contributed by atoms with Gasteiger partial charge in [0.05, 0.1) is 5.69 Å². The first kappa shape index (κ1) is 15.9. The molecule has 25 heavy (non-hydrogen) atoms. The zero-order valence-corrected chi connectivity index (χ0v) is 14.5. The van der Waals surface area contributed by atoms with Gasteiger partial charge in [0.1, 0.15) is 23.7 Å². The summed E-state index contributed by atoms with van der Waals surface area (Å²) in [5.41, 5.74) is 7.74. The molecular weight excluding hydrogens is 314 g/mol. The van der Waals surface area contributed by atoms with Crippen LogP contribution in [-0.2, 0) is 0 Å². The van der Waals surface area contributed by atoms with Crippen molar-refractivity contribution in [1.29, 1.82) is 0 Å². The summed E-state index contributed by atoms with van der Waals surface area (Å²) in [6.45, 7) is 5.91. The standard InChI is InChI=1S/C19H23N5O/c1-14-13-17(20)24(22-14)18-8-7-15-5-4-6-16(19(15)21-18)25-12-11-23-9-2-3-10-23/h4-8,13H,2-3,9-12,20H2,1H3. The first-order chi connectivity index (χ1) is 12.2. The van der Waals surface area contributed by atoms with Crippen LogP contribution in [0.4, 0.5) is 5.82 Å². The van der Waals surface area contributed by atoms with Crippen LogP contribution in [0.2, 0.25) is 0 Å². The minimum atomic E-state index is 0.580. The number of nitrogen functional groups attached to an aromatic ring is 1. The molecule has 1 fully saturated rings. The van der Waals surface area contributed by atoms with Crippen LogP contribution in [0.5, 0.6) is 5.75 Å². The second-order valence-corrected chi connectivity index (χ2v) is 6.52. The largest absolute Gasteiger partial charge is 0.490 e. The summed E-state index contributed by atoms with van der Waals surface area (Å²) in [6.07, 6.45) is 2.59. The molecule has 1 aliphatic rings. The molecule has 6 nitrogen and oxygen atoms in total. The molecule has 0 spiro atoms. The van der Waals surface area contributed by atoms with Gasteiger partial charge >= 0.3 is 0 Å². The Morgan fingerprint density at radius 1 is 1.16 bits per heavy atom. The van der Waals surface area contributed by atoms with Gasteiger partial charge in [-0.15, -0.1) is 0 Å². The summed E-state index contributed by atoms with van der Waals surface area (Å²) in [4.78, 5) is 7.19. The van der Waals surface area contributed by atoms with E-state index < -0.39 is 0 Å². The fourth-order valence-electron chi connectivity index (χ4n) is 3.34. The van der Waals surface area contributed by atoms with Crippen molar-refractivity contribution in [3.8, 4) is 11.6 Å². The van der Waals surface area contributed by atoms with Crippen molar-refractivity contribution in [2.75, 3.05) is 32.0 Å². The molecule has 2 N–H and O–H groups in total. The molecule has 130 valence electrons.